The van der Waals surface area contributed by atoms with E-state index in [9.17, 15) is 14.0 Å². The number of rotatable bonds is 3. The summed E-state index contributed by atoms with van der Waals surface area (Å²) in [4.78, 5) is 24.8. The number of carbonyl (C=O) groups is 2. The molecule has 0 radical (unpaired) electrons. The largest absolute Gasteiger partial charge is 0.335 e. The molecule has 0 bridgehead atoms. The molecule has 0 aliphatic carbocycles. The summed E-state index contributed by atoms with van der Waals surface area (Å²) in [5, 5.41) is 0. The summed E-state index contributed by atoms with van der Waals surface area (Å²) >= 11 is 0. The molecule has 1 aromatic rings. The van der Waals surface area contributed by atoms with Crippen molar-refractivity contribution in [2.75, 3.05) is 13.1 Å². The van der Waals surface area contributed by atoms with E-state index >= 15 is 0 Å². The highest BCUT2D eigenvalue weighted by Crippen LogP contribution is 2.10. The zero-order chi connectivity index (χ0) is 13.0. The second-order valence-electron chi connectivity index (χ2n) is 4.58. The number of hydrogen-bond donors (Lipinski definition) is 0. The van der Waals surface area contributed by atoms with Gasteiger partial charge < -0.3 is 4.90 Å². The van der Waals surface area contributed by atoms with Crippen molar-refractivity contribution in [3.63, 3.8) is 0 Å². The van der Waals surface area contributed by atoms with Gasteiger partial charge in [-0.25, -0.2) is 4.39 Å². The minimum Gasteiger partial charge on any atom is -0.335 e. The molecule has 4 heteroatoms. The van der Waals surface area contributed by atoms with E-state index in [2.05, 4.69) is 0 Å². The lowest BCUT2D eigenvalue weighted by atomic mass is 10.1. The number of halogens is 1. The first-order chi connectivity index (χ1) is 8.65. The van der Waals surface area contributed by atoms with Crippen LogP contribution in [0.2, 0.25) is 0 Å². The molecule has 0 unspecified atom stereocenters. The highest BCUT2D eigenvalue weighted by atomic mass is 19.1. The van der Waals surface area contributed by atoms with E-state index in [4.69, 9.17) is 0 Å². The highest BCUT2D eigenvalue weighted by molar-refractivity contribution is 5.87. The van der Waals surface area contributed by atoms with Gasteiger partial charge in [0.2, 0.25) is 5.91 Å². The Morgan fingerprint density at radius 1 is 1.28 bits per heavy atom. The van der Waals surface area contributed by atoms with Gasteiger partial charge in [0.25, 0.3) is 0 Å². The second-order valence-corrected chi connectivity index (χ2v) is 4.58. The summed E-state index contributed by atoms with van der Waals surface area (Å²) in [7, 11) is 0. The third kappa shape index (κ3) is 3.39. The maximum atomic E-state index is 12.7. The van der Waals surface area contributed by atoms with Crippen molar-refractivity contribution < 1.29 is 14.0 Å². The molecule has 2 rings (SSSR count). The first-order valence-corrected chi connectivity index (χ1v) is 6.19. The summed E-state index contributed by atoms with van der Waals surface area (Å²) in [5.74, 6) is -0.129. The lowest BCUT2D eigenvalue weighted by Crippen LogP contribution is -2.40. The fourth-order valence-electron chi connectivity index (χ4n) is 2.11. The zero-order valence-corrected chi connectivity index (χ0v) is 10.2. The van der Waals surface area contributed by atoms with Gasteiger partial charge in [-0.1, -0.05) is 12.1 Å². The number of likely N-dealkylation sites (tertiary alicyclic amines) is 1. The fraction of sp³-hybridized carbons (Fsp3) is 0.429. The molecule has 18 heavy (non-hydrogen) atoms. The molecule has 1 amide bonds. The normalized spacial score (nSPS) is 15.8. The van der Waals surface area contributed by atoms with Crippen LogP contribution in [0, 0.1) is 5.82 Å². The van der Waals surface area contributed by atoms with Gasteiger partial charge in [0.15, 0.2) is 5.78 Å². The van der Waals surface area contributed by atoms with Crippen LogP contribution in [0.4, 0.5) is 4.39 Å². The van der Waals surface area contributed by atoms with E-state index in [0.717, 1.165) is 12.0 Å². The lowest BCUT2D eigenvalue weighted by molar-refractivity contribution is -0.137. The van der Waals surface area contributed by atoms with Crippen molar-refractivity contribution in [2.24, 2.45) is 0 Å². The molecule has 1 fully saturated rings. The molecule has 3 nitrogen and oxygen atoms in total. The molecule has 0 N–H and O–H groups in total. The van der Waals surface area contributed by atoms with Crippen LogP contribution in [0.25, 0.3) is 0 Å². The van der Waals surface area contributed by atoms with Gasteiger partial charge in [-0.2, -0.15) is 0 Å². The van der Waals surface area contributed by atoms with Crippen molar-refractivity contribution in [1.82, 2.24) is 4.90 Å². The molecule has 96 valence electrons. The highest BCUT2D eigenvalue weighted by Gasteiger charge is 2.20. The van der Waals surface area contributed by atoms with Crippen molar-refractivity contribution in [2.45, 2.75) is 25.7 Å². The smallest absolute Gasteiger partial charge is 0.223 e. The number of Topliss-reactive ketones (excluding diaryl/α,β-unsaturated/α-hetero) is 1. The Balaban J connectivity index is 1.84. The molecule has 1 saturated heterocycles. The van der Waals surface area contributed by atoms with E-state index in [1.54, 1.807) is 17.0 Å². The lowest BCUT2D eigenvalue weighted by Gasteiger charge is -2.25. The van der Waals surface area contributed by atoms with Crippen LogP contribution in [0.5, 0.6) is 0 Å². The van der Waals surface area contributed by atoms with Gasteiger partial charge in [-0.05, 0) is 30.5 Å². The van der Waals surface area contributed by atoms with Crippen LogP contribution >= 0.6 is 0 Å². The van der Waals surface area contributed by atoms with E-state index in [1.807, 2.05) is 0 Å². The third-order valence-electron chi connectivity index (χ3n) is 3.14. The van der Waals surface area contributed by atoms with Crippen molar-refractivity contribution in [3.05, 3.63) is 35.6 Å². The molecule has 1 aliphatic rings. The monoisotopic (exact) mass is 249 g/mol. The van der Waals surface area contributed by atoms with E-state index in [-0.39, 0.29) is 24.1 Å². The Hall–Kier alpha value is -1.71. The summed E-state index contributed by atoms with van der Waals surface area (Å²) in [6, 6.07) is 6.16. The SMILES string of the molecule is O=C1CCCN(C(=O)CCc2ccc(F)cc2)C1. The molecule has 0 spiro atoms. The Bertz CT molecular complexity index is 442. The quantitative estimate of drug-likeness (QED) is 0.821. The van der Waals surface area contributed by atoms with Crippen LogP contribution in [0.3, 0.4) is 0 Å². The predicted octanol–water partition coefficient (Wildman–Crippen LogP) is 1.95. The van der Waals surface area contributed by atoms with Crippen LogP contribution < -0.4 is 0 Å². The summed E-state index contributed by atoms with van der Waals surface area (Å²) in [5.41, 5.74) is 0.938. The first kappa shape index (κ1) is 12.7. The van der Waals surface area contributed by atoms with Crippen LogP contribution in [-0.2, 0) is 16.0 Å². The summed E-state index contributed by atoms with van der Waals surface area (Å²) < 4.78 is 12.7. The van der Waals surface area contributed by atoms with Crippen LogP contribution in [0.15, 0.2) is 24.3 Å². The van der Waals surface area contributed by atoms with Gasteiger partial charge in [0.05, 0.1) is 6.54 Å². The number of aryl methyl sites for hydroxylation is 1. The van der Waals surface area contributed by atoms with Gasteiger partial charge in [-0.3, -0.25) is 9.59 Å². The minimum absolute atomic E-state index is 0.00683. The molecule has 0 atom stereocenters. The minimum atomic E-state index is -0.272. The number of hydrogen-bond acceptors (Lipinski definition) is 2. The molecule has 1 aliphatic heterocycles. The van der Waals surface area contributed by atoms with E-state index in [1.165, 1.54) is 12.1 Å². The van der Waals surface area contributed by atoms with Crippen LogP contribution in [0.1, 0.15) is 24.8 Å². The van der Waals surface area contributed by atoms with Crippen molar-refractivity contribution in [1.29, 1.82) is 0 Å². The van der Waals surface area contributed by atoms with Gasteiger partial charge in [0, 0.05) is 19.4 Å². The molecule has 0 aromatic heterocycles. The zero-order valence-electron chi connectivity index (χ0n) is 10.2. The fourth-order valence-corrected chi connectivity index (χ4v) is 2.11. The number of ketones is 1. The Labute approximate surface area is 106 Å². The number of amides is 1. The number of piperidine rings is 1. The molecular formula is C14H16FNO2. The van der Waals surface area contributed by atoms with Crippen LogP contribution in [-0.4, -0.2) is 29.7 Å². The standard InChI is InChI=1S/C14H16FNO2/c15-12-6-3-11(4-7-12)5-8-14(18)16-9-1-2-13(17)10-16/h3-4,6-7H,1-2,5,8-10H2. The predicted molar refractivity (Wildman–Crippen MR) is 65.5 cm³/mol. The Morgan fingerprint density at radius 3 is 2.67 bits per heavy atom. The molecule has 1 aromatic carbocycles. The topological polar surface area (TPSA) is 37.4 Å². The average molecular weight is 249 g/mol. The van der Waals surface area contributed by atoms with E-state index in [0.29, 0.717) is 25.8 Å². The molecular weight excluding hydrogens is 233 g/mol. The maximum absolute atomic E-state index is 12.7. The average Bonchev–Trinajstić information content (AvgIpc) is 2.38. The van der Waals surface area contributed by atoms with Crippen molar-refractivity contribution >= 4 is 11.7 Å². The van der Waals surface area contributed by atoms with Gasteiger partial charge in [0.1, 0.15) is 5.82 Å². The maximum Gasteiger partial charge on any atom is 0.223 e. The molecule has 0 saturated carbocycles. The number of benzene rings is 1. The van der Waals surface area contributed by atoms with E-state index < -0.39 is 0 Å². The third-order valence-corrected chi connectivity index (χ3v) is 3.14. The van der Waals surface area contributed by atoms with Gasteiger partial charge >= 0.3 is 0 Å². The molecule has 1 heterocycles. The first-order valence-electron chi connectivity index (χ1n) is 6.19. The summed E-state index contributed by atoms with van der Waals surface area (Å²) in [6.45, 7) is 0.927. The van der Waals surface area contributed by atoms with Gasteiger partial charge in [-0.15, -0.1) is 0 Å². The Kier molecular flexibility index (Phi) is 4.07. The Morgan fingerprint density at radius 2 is 2.00 bits per heavy atom. The van der Waals surface area contributed by atoms with Crippen molar-refractivity contribution in [3.8, 4) is 0 Å². The number of carbonyl (C=O) groups excluding carboxylic acids is 2. The summed E-state index contributed by atoms with van der Waals surface area (Å²) in [6.07, 6.45) is 2.31. The second kappa shape index (κ2) is 5.76. The number of nitrogens with zero attached hydrogens (tertiary/aromatic N) is 1.